The summed E-state index contributed by atoms with van der Waals surface area (Å²) >= 11 is 0. The number of benzene rings is 2. The molecule has 1 fully saturated rings. The summed E-state index contributed by atoms with van der Waals surface area (Å²) in [6, 6.07) is 14.6. The highest BCUT2D eigenvalue weighted by Gasteiger charge is 2.21. The Bertz CT molecular complexity index is 992. The standard InChI is InChI=1S/C23H24N4O2/c28-22(16-7-2-1-3-8-16)26-19-10-6-9-17(13-19)23(29)27-21-12-5-4-11-20(21)18-14-24-25-15-18/h4-6,9-16H,1-3,7-8H2,(H,24,25)(H,26,28)(H,27,29). The molecule has 0 unspecified atom stereocenters. The Labute approximate surface area is 169 Å². The number of carbonyl (C=O) groups excluding carboxylic acids is 2. The molecular formula is C23H24N4O2. The minimum atomic E-state index is -0.227. The zero-order valence-electron chi connectivity index (χ0n) is 16.2. The molecular weight excluding hydrogens is 364 g/mol. The molecule has 1 aromatic heterocycles. The van der Waals surface area contributed by atoms with Crippen LogP contribution in [0, 0.1) is 5.92 Å². The summed E-state index contributed by atoms with van der Waals surface area (Å²) in [5, 5.41) is 12.7. The molecule has 1 saturated carbocycles. The smallest absolute Gasteiger partial charge is 0.255 e. The average molecular weight is 388 g/mol. The average Bonchev–Trinajstić information content (AvgIpc) is 3.30. The lowest BCUT2D eigenvalue weighted by molar-refractivity contribution is -0.120. The van der Waals surface area contributed by atoms with Gasteiger partial charge in [-0.15, -0.1) is 0 Å². The molecule has 4 rings (SSSR count). The van der Waals surface area contributed by atoms with Crippen LogP contribution in [0.1, 0.15) is 42.5 Å². The minimum Gasteiger partial charge on any atom is -0.326 e. The molecule has 6 nitrogen and oxygen atoms in total. The number of aromatic nitrogens is 2. The molecule has 148 valence electrons. The quantitative estimate of drug-likeness (QED) is 0.584. The van der Waals surface area contributed by atoms with Gasteiger partial charge in [-0.05, 0) is 37.1 Å². The van der Waals surface area contributed by atoms with E-state index in [4.69, 9.17) is 0 Å². The number of hydrogen-bond acceptors (Lipinski definition) is 3. The van der Waals surface area contributed by atoms with Crippen molar-refractivity contribution in [3.63, 3.8) is 0 Å². The Balaban J connectivity index is 1.47. The number of carbonyl (C=O) groups is 2. The first-order valence-electron chi connectivity index (χ1n) is 10.0. The van der Waals surface area contributed by atoms with Crippen molar-refractivity contribution >= 4 is 23.2 Å². The summed E-state index contributed by atoms with van der Waals surface area (Å²) < 4.78 is 0. The Morgan fingerprint density at radius 1 is 0.966 bits per heavy atom. The van der Waals surface area contributed by atoms with Crippen LogP contribution in [0.2, 0.25) is 0 Å². The summed E-state index contributed by atoms with van der Waals surface area (Å²) in [6.07, 6.45) is 8.80. The van der Waals surface area contributed by atoms with Crippen LogP contribution in [0.3, 0.4) is 0 Å². The largest absolute Gasteiger partial charge is 0.326 e. The fourth-order valence-electron chi connectivity index (χ4n) is 3.78. The number of nitrogens with zero attached hydrogens (tertiary/aromatic N) is 1. The van der Waals surface area contributed by atoms with E-state index in [2.05, 4.69) is 20.8 Å². The highest BCUT2D eigenvalue weighted by molar-refractivity contribution is 6.07. The van der Waals surface area contributed by atoms with Crippen molar-refractivity contribution in [1.82, 2.24) is 10.2 Å². The summed E-state index contributed by atoms with van der Waals surface area (Å²) in [6.45, 7) is 0. The van der Waals surface area contributed by atoms with Crippen molar-refractivity contribution in [3.8, 4) is 11.1 Å². The molecule has 0 atom stereocenters. The predicted octanol–water partition coefficient (Wildman–Crippen LogP) is 4.85. The van der Waals surface area contributed by atoms with Gasteiger partial charge in [0.05, 0.1) is 6.20 Å². The Kier molecular flexibility index (Phi) is 5.70. The van der Waals surface area contributed by atoms with Crippen LogP contribution in [0.5, 0.6) is 0 Å². The second kappa shape index (κ2) is 8.73. The van der Waals surface area contributed by atoms with Crippen LogP contribution < -0.4 is 10.6 Å². The normalized spacial score (nSPS) is 14.3. The van der Waals surface area contributed by atoms with Crippen LogP contribution in [0.15, 0.2) is 60.9 Å². The van der Waals surface area contributed by atoms with E-state index in [1.165, 1.54) is 6.42 Å². The molecule has 3 N–H and O–H groups in total. The molecule has 0 saturated heterocycles. The van der Waals surface area contributed by atoms with Crippen LogP contribution in [0.4, 0.5) is 11.4 Å². The Morgan fingerprint density at radius 2 is 1.79 bits per heavy atom. The SMILES string of the molecule is O=C(Nc1ccccc1-c1cn[nH]c1)c1cccc(NC(=O)C2CCCCC2)c1. The van der Waals surface area contributed by atoms with E-state index in [-0.39, 0.29) is 17.7 Å². The van der Waals surface area contributed by atoms with E-state index in [0.717, 1.165) is 36.8 Å². The first kappa shape index (κ1) is 18.9. The van der Waals surface area contributed by atoms with Crippen molar-refractivity contribution in [2.24, 2.45) is 5.92 Å². The van der Waals surface area contributed by atoms with Crippen molar-refractivity contribution < 1.29 is 9.59 Å². The van der Waals surface area contributed by atoms with Crippen molar-refractivity contribution in [1.29, 1.82) is 0 Å². The zero-order chi connectivity index (χ0) is 20.1. The van der Waals surface area contributed by atoms with E-state index in [1.807, 2.05) is 30.3 Å². The number of hydrogen-bond donors (Lipinski definition) is 3. The fourth-order valence-corrected chi connectivity index (χ4v) is 3.78. The van der Waals surface area contributed by atoms with E-state index in [0.29, 0.717) is 16.9 Å². The zero-order valence-corrected chi connectivity index (χ0v) is 16.2. The molecule has 6 heteroatoms. The first-order valence-corrected chi connectivity index (χ1v) is 10.0. The maximum atomic E-state index is 12.8. The van der Waals surface area contributed by atoms with Gasteiger partial charge in [-0.3, -0.25) is 14.7 Å². The van der Waals surface area contributed by atoms with Crippen LogP contribution in [-0.2, 0) is 4.79 Å². The number of aromatic amines is 1. The molecule has 0 aliphatic heterocycles. The lowest BCUT2D eigenvalue weighted by atomic mass is 9.88. The molecule has 2 amide bonds. The van der Waals surface area contributed by atoms with E-state index >= 15 is 0 Å². The minimum absolute atomic E-state index is 0.0487. The monoisotopic (exact) mass is 388 g/mol. The maximum absolute atomic E-state index is 12.8. The third-order valence-corrected chi connectivity index (χ3v) is 5.35. The Morgan fingerprint density at radius 3 is 2.59 bits per heavy atom. The van der Waals surface area contributed by atoms with Crippen molar-refractivity contribution in [2.45, 2.75) is 32.1 Å². The summed E-state index contributed by atoms with van der Waals surface area (Å²) in [5.41, 5.74) is 3.63. The van der Waals surface area contributed by atoms with Gasteiger partial charge in [0.1, 0.15) is 0 Å². The van der Waals surface area contributed by atoms with Gasteiger partial charge in [0.25, 0.3) is 5.91 Å². The predicted molar refractivity (Wildman–Crippen MR) is 114 cm³/mol. The number of H-pyrrole nitrogens is 1. The van der Waals surface area contributed by atoms with Gasteiger partial charge in [0, 0.05) is 40.2 Å². The molecule has 0 radical (unpaired) electrons. The summed E-state index contributed by atoms with van der Waals surface area (Å²) in [5.74, 6) is -0.106. The number of rotatable bonds is 5. The number of anilines is 2. The lowest BCUT2D eigenvalue weighted by Crippen LogP contribution is -2.24. The molecule has 3 aromatic rings. The van der Waals surface area contributed by atoms with Gasteiger partial charge in [0.15, 0.2) is 0 Å². The van der Waals surface area contributed by atoms with Crippen LogP contribution >= 0.6 is 0 Å². The molecule has 1 aliphatic carbocycles. The van der Waals surface area contributed by atoms with Crippen molar-refractivity contribution in [2.75, 3.05) is 10.6 Å². The number of nitrogens with one attached hydrogen (secondary N) is 3. The topological polar surface area (TPSA) is 86.9 Å². The van der Waals surface area contributed by atoms with Crippen LogP contribution in [0.25, 0.3) is 11.1 Å². The molecule has 1 aliphatic rings. The molecule has 2 aromatic carbocycles. The number of amides is 2. The highest BCUT2D eigenvalue weighted by atomic mass is 16.2. The number of para-hydroxylation sites is 1. The van der Waals surface area contributed by atoms with Gasteiger partial charge in [0.2, 0.25) is 5.91 Å². The van der Waals surface area contributed by atoms with E-state index in [9.17, 15) is 9.59 Å². The molecule has 0 bridgehead atoms. The van der Waals surface area contributed by atoms with Crippen LogP contribution in [-0.4, -0.2) is 22.0 Å². The molecule has 1 heterocycles. The van der Waals surface area contributed by atoms with Gasteiger partial charge in [-0.1, -0.05) is 43.5 Å². The van der Waals surface area contributed by atoms with Gasteiger partial charge >= 0.3 is 0 Å². The third-order valence-electron chi connectivity index (χ3n) is 5.35. The summed E-state index contributed by atoms with van der Waals surface area (Å²) in [7, 11) is 0. The Hall–Kier alpha value is -3.41. The third kappa shape index (κ3) is 4.54. The van der Waals surface area contributed by atoms with E-state index in [1.54, 1.807) is 30.6 Å². The lowest BCUT2D eigenvalue weighted by Gasteiger charge is -2.20. The van der Waals surface area contributed by atoms with Gasteiger partial charge in [-0.25, -0.2) is 0 Å². The van der Waals surface area contributed by atoms with E-state index < -0.39 is 0 Å². The summed E-state index contributed by atoms with van der Waals surface area (Å²) in [4.78, 5) is 25.3. The maximum Gasteiger partial charge on any atom is 0.255 e. The van der Waals surface area contributed by atoms with Gasteiger partial charge < -0.3 is 10.6 Å². The molecule has 29 heavy (non-hydrogen) atoms. The second-order valence-electron chi connectivity index (χ2n) is 7.39. The first-order chi connectivity index (χ1) is 14.2. The highest BCUT2D eigenvalue weighted by Crippen LogP contribution is 2.28. The molecule has 0 spiro atoms. The van der Waals surface area contributed by atoms with Gasteiger partial charge in [-0.2, -0.15) is 5.10 Å². The fraction of sp³-hybridized carbons (Fsp3) is 0.261. The second-order valence-corrected chi connectivity index (χ2v) is 7.39. The van der Waals surface area contributed by atoms with Crippen molar-refractivity contribution in [3.05, 3.63) is 66.5 Å².